The van der Waals surface area contributed by atoms with Crippen molar-refractivity contribution in [2.45, 2.75) is 6.10 Å². The molecule has 1 unspecified atom stereocenters. The van der Waals surface area contributed by atoms with Crippen molar-refractivity contribution in [3.05, 3.63) is 57.5 Å². The minimum absolute atomic E-state index is 0.412. The lowest BCUT2D eigenvalue weighted by molar-refractivity contribution is 0.111. The topological polar surface area (TPSA) is 38.7 Å². The van der Waals surface area contributed by atoms with Crippen molar-refractivity contribution in [1.82, 2.24) is 10.2 Å². The molecule has 2 aromatic rings. The van der Waals surface area contributed by atoms with Crippen LogP contribution in [0.1, 0.15) is 0 Å². The highest BCUT2D eigenvalue weighted by Gasteiger charge is 2.18. The van der Waals surface area contributed by atoms with Gasteiger partial charge in [0.1, 0.15) is 0 Å². The van der Waals surface area contributed by atoms with Crippen molar-refractivity contribution >= 4 is 43.2 Å². The zero-order valence-corrected chi connectivity index (χ0v) is 17.2. The van der Waals surface area contributed by atoms with Crippen molar-refractivity contribution < 1.29 is 5.11 Å². The third-order valence-electron chi connectivity index (χ3n) is 4.35. The van der Waals surface area contributed by atoms with Crippen molar-refractivity contribution in [3.63, 3.8) is 0 Å². The Labute approximate surface area is 166 Å². The zero-order valence-electron chi connectivity index (χ0n) is 14.0. The molecular weight excluding hydrogens is 446 g/mol. The van der Waals surface area contributed by atoms with Gasteiger partial charge in [-0.3, -0.25) is 4.90 Å². The molecular formula is C19H23Br2N3O. The van der Waals surface area contributed by atoms with Crippen LogP contribution in [0.3, 0.4) is 0 Å². The summed E-state index contributed by atoms with van der Waals surface area (Å²) in [4.78, 5) is 4.49. The maximum Gasteiger partial charge on any atom is 0.0845 e. The Hall–Kier alpha value is -0.920. The molecule has 2 N–H and O–H groups in total. The van der Waals surface area contributed by atoms with Crippen LogP contribution >= 0.6 is 31.9 Å². The summed E-state index contributed by atoms with van der Waals surface area (Å²) in [6, 6.07) is 16.4. The Balaban J connectivity index is 1.75. The normalized spacial score (nSPS) is 16.6. The van der Waals surface area contributed by atoms with Gasteiger partial charge in [-0.15, -0.1) is 0 Å². The van der Waals surface area contributed by atoms with Crippen LogP contribution in [-0.4, -0.2) is 55.4 Å². The minimum Gasteiger partial charge on any atom is -0.390 e. The second-order valence-electron chi connectivity index (χ2n) is 6.27. The number of β-amino-alcohol motifs (C(OH)–C–C–N with tert-alkyl or cyclic N) is 1. The smallest absolute Gasteiger partial charge is 0.0845 e. The number of hydrogen-bond acceptors (Lipinski definition) is 4. The predicted octanol–water partition coefficient (Wildman–Crippen LogP) is 3.62. The van der Waals surface area contributed by atoms with E-state index < -0.39 is 6.10 Å². The summed E-state index contributed by atoms with van der Waals surface area (Å²) >= 11 is 6.98. The van der Waals surface area contributed by atoms with Crippen LogP contribution in [0, 0.1) is 0 Å². The van der Waals surface area contributed by atoms with Crippen LogP contribution < -0.4 is 10.2 Å². The molecule has 1 heterocycles. The van der Waals surface area contributed by atoms with E-state index in [0.717, 1.165) is 46.5 Å². The first-order valence-corrected chi connectivity index (χ1v) is 10.1. The maximum absolute atomic E-state index is 10.7. The number of piperazine rings is 1. The highest BCUT2D eigenvalue weighted by atomic mass is 79.9. The van der Waals surface area contributed by atoms with E-state index in [9.17, 15) is 5.11 Å². The second kappa shape index (κ2) is 9.14. The van der Waals surface area contributed by atoms with Crippen molar-refractivity contribution in [3.8, 4) is 0 Å². The van der Waals surface area contributed by atoms with Crippen molar-refractivity contribution in [1.29, 1.82) is 0 Å². The molecule has 0 saturated carbocycles. The SMILES string of the molecule is OC(CN1CCNCC1)CN(c1ccc(Br)cc1)c1ccc(Br)cc1. The van der Waals surface area contributed by atoms with E-state index in [1.165, 1.54) is 0 Å². The van der Waals surface area contributed by atoms with Crippen LogP contribution in [0.4, 0.5) is 11.4 Å². The Kier molecular flexibility index (Phi) is 6.90. The fraction of sp³-hybridized carbons (Fsp3) is 0.368. The quantitative estimate of drug-likeness (QED) is 0.679. The number of aliphatic hydroxyl groups is 1. The van der Waals surface area contributed by atoms with E-state index in [2.05, 4.69) is 71.2 Å². The lowest BCUT2D eigenvalue weighted by Crippen LogP contribution is -2.48. The first-order valence-electron chi connectivity index (χ1n) is 8.51. The van der Waals surface area contributed by atoms with Crippen LogP contribution in [0.5, 0.6) is 0 Å². The van der Waals surface area contributed by atoms with E-state index in [4.69, 9.17) is 0 Å². The third kappa shape index (κ3) is 5.53. The molecule has 1 aliphatic rings. The highest BCUT2D eigenvalue weighted by molar-refractivity contribution is 9.10. The molecule has 1 fully saturated rings. The van der Waals surface area contributed by atoms with E-state index in [1.54, 1.807) is 0 Å². The summed E-state index contributed by atoms with van der Waals surface area (Å²) in [5.74, 6) is 0. The van der Waals surface area contributed by atoms with E-state index in [-0.39, 0.29) is 0 Å². The zero-order chi connectivity index (χ0) is 17.6. The molecule has 3 rings (SSSR count). The Morgan fingerprint density at radius 3 is 1.88 bits per heavy atom. The molecule has 0 spiro atoms. The summed E-state index contributed by atoms with van der Waals surface area (Å²) in [5.41, 5.74) is 2.15. The number of benzene rings is 2. The standard InChI is InChI=1S/C19H23Br2N3O/c20-15-1-5-17(6-2-15)24(18-7-3-16(21)4-8-18)14-19(25)13-23-11-9-22-10-12-23/h1-8,19,22,25H,9-14H2. The van der Waals surface area contributed by atoms with Gasteiger partial charge in [0.2, 0.25) is 0 Å². The summed E-state index contributed by atoms with van der Waals surface area (Å²) < 4.78 is 2.10. The molecule has 0 bridgehead atoms. The largest absolute Gasteiger partial charge is 0.390 e. The second-order valence-corrected chi connectivity index (χ2v) is 8.10. The molecule has 2 aromatic carbocycles. The summed E-state index contributed by atoms with van der Waals surface area (Å²) in [5, 5.41) is 14.0. The number of nitrogens with zero attached hydrogens (tertiary/aromatic N) is 2. The Morgan fingerprint density at radius 1 is 0.920 bits per heavy atom. The fourth-order valence-corrected chi connectivity index (χ4v) is 3.59. The number of rotatable bonds is 6. The molecule has 134 valence electrons. The molecule has 1 atom stereocenters. The Morgan fingerprint density at radius 2 is 1.40 bits per heavy atom. The number of halogens is 2. The molecule has 4 nitrogen and oxygen atoms in total. The van der Waals surface area contributed by atoms with Gasteiger partial charge in [-0.25, -0.2) is 0 Å². The van der Waals surface area contributed by atoms with Crippen molar-refractivity contribution in [2.75, 3.05) is 44.2 Å². The lowest BCUT2D eigenvalue weighted by atomic mass is 10.2. The fourth-order valence-electron chi connectivity index (χ4n) is 3.06. The molecule has 0 amide bonds. The molecule has 1 saturated heterocycles. The first-order chi connectivity index (χ1) is 12.1. The molecule has 6 heteroatoms. The Bertz CT molecular complexity index is 612. The van der Waals surface area contributed by atoms with Gasteiger partial charge < -0.3 is 15.3 Å². The van der Waals surface area contributed by atoms with Gasteiger partial charge in [-0.1, -0.05) is 31.9 Å². The average Bonchev–Trinajstić information content (AvgIpc) is 2.62. The number of hydrogen-bond donors (Lipinski definition) is 2. The molecule has 25 heavy (non-hydrogen) atoms. The van der Waals surface area contributed by atoms with Gasteiger partial charge in [-0.2, -0.15) is 0 Å². The number of nitrogens with one attached hydrogen (secondary N) is 1. The molecule has 0 aliphatic carbocycles. The molecule has 0 radical (unpaired) electrons. The molecule has 1 aliphatic heterocycles. The number of aliphatic hydroxyl groups excluding tert-OH is 1. The maximum atomic E-state index is 10.7. The van der Waals surface area contributed by atoms with Gasteiger partial charge in [0, 0.05) is 53.0 Å². The first kappa shape index (κ1) is 18.9. The highest BCUT2D eigenvalue weighted by Crippen LogP contribution is 2.28. The summed E-state index contributed by atoms with van der Waals surface area (Å²) in [7, 11) is 0. The van der Waals surface area contributed by atoms with Crippen molar-refractivity contribution in [2.24, 2.45) is 0 Å². The summed E-state index contributed by atoms with van der Waals surface area (Å²) in [6.45, 7) is 5.24. The van der Waals surface area contributed by atoms with Gasteiger partial charge in [0.15, 0.2) is 0 Å². The number of anilines is 2. The predicted molar refractivity (Wildman–Crippen MR) is 111 cm³/mol. The van der Waals surface area contributed by atoms with E-state index in [1.807, 2.05) is 24.3 Å². The van der Waals surface area contributed by atoms with Gasteiger partial charge >= 0.3 is 0 Å². The molecule has 0 aromatic heterocycles. The van der Waals surface area contributed by atoms with Crippen LogP contribution in [0.15, 0.2) is 57.5 Å². The van der Waals surface area contributed by atoms with Gasteiger partial charge in [-0.05, 0) is 48.5 Å². The van der Waals surface area contributed by atoms with E-state index in [0.29, 0.717) is 13.1 Å². The third-order valence-corrected chi connectivity index (χ3v) is 5.41. The average molecular weight is 469 g/mol. The van der Waals surface area contributed by atoms with Crippen LogP contribution in [0.2, 0.25) is 0 Å². The lowest BCUT2D eigenvalue weighted by Gasteiger charge is -2.32. The monoisotopic (exact) mass is 467 g/mol. The van der Waals surface area contributed by atoms with E-state index >= 15 is 0 Å². The van der Waals surface area contributed by atoms with Gasteiger partial charge in [0.05, 0.1) is 12.6 Å². The minimum atomic E-state index is -0.412. The van der Waals surface area contributed by atoms with Crippen LogP contribution in [-0.2, 0) is 0 Å². The summed E-state index contributed by atoms with van der Waals surface area (Å²) in [6.07, 6.45) is -0.412. The van der Waals surface area contributed by atoms with Gasteiger partial charge in [0.25, 0.3) is 0 Å². The van der Waals surface area contributed by atoms with Crippen LogP contribution in [0.25, 0.3) is 0 Å².